The van der Waals surface area contributed by atoms with E-state index < -0.39 is 6.04 Å². The summed E-state index contributed by atoms with van der Waals surface area (Å²) in [5.41, 5.74) is 6.81. The fraction of sp³-hybridized carbons (Fsp3) is 0.273. The number of aryl methyl sites for hydroxylation is 1. The van der Waals surface area contributed by atoms with Crippen LogP contribution in [0.3, 0.4) is 0 Å². The predicted molar refractivity (Wildman–Crippen MR) is 61.2 cm³/mol. The molecule has 2 N–H and O–H groups in total. The molecule has 0 saturated carbocycles. The zero-order valence-corrected chi connectivity index (χ0v) is 9.61. The largest absolute Gasteiger partial charge is 0.339 e. The standard InChI is InChI=1S/C11H12ClN3O/c1-2-9-14-11(15-16-9)10(13)7-5-3-4-6-8(7)12/h3-6,10H,2,13H2,1H3. The molecule has 0 amide bonds. The summed E-state index contributed by atoms with van der Waals surface area (Å²) in [6.07, 6.45) is 0.697. The van der Waals surface area contributed by atoms with E-state index >= 15 is 0 Å². The minimum absolute atomic E-state index is 0.447. The number of nitrogens with two attached hydrogens (primary N) is 1. The van der Waals surface area contributed by atoms with Gasteiger partial charge in [0.05, 0.1) is 6.04 Å². The molecule has 2 rings (SSSR count). The van der Waals surface area contributed by atoms with Crippen molar-refractivity contribution < 1.29 is 4.52 Å². The lowest BCUT2D eigenvalue weighted by molar-refractivity contribution is 0.375. The average Bonchev–Trinajstić information content (AvgIpc) is 2.77. The number of benzene rings is 1. The van der Waals surface area contributed by atoms with Crippen molar-refractivity contribution in [3.8, 4) is 0 Å². The molecule has 1 atom stereocenters. The molecule has 0 spiro atoms. The molecule has 0 bridgehead atoms. The molecule has 84 valence electrons. The second-order valence-corrected chi connectivity index (χ2v) is 3.81. The van der Waals surface area contributed by atoms with Crippen LogP contribution >= 0.6 is 11.6 Å². The lowest BCUT2D eigenvalue weighted by Crippen LogP contribution is -2.14. The maximum Gasteiger partial charge on any atom is 0.226 e. The van der Waals surface area contributed by atoms with Crippen LogP contribution < -0.4 is 5.73 Å². The molecular weight excluding hydrogens is 226 g/mol. The van der Waals surface area contributed by atoms with Crippen molar-refractivity contribution >= 4 is 11.6 Å². The Hall–Kier alpha value is -1.39. The summed E-state index contributed by atoms with van der Waals surface area (Å²) in [4.78, 5) is 4.18. The number of rotatable bonds is 3. The molecule has 1 unspecified atom stereocenters. The summed E-state index contributed by atoms with van der Waals surface area (Å²) in [5, 5.41) is 4.44. The average molecular weight is 238 g/mol. The van der Waals surface area contributed by atoms with Crippen molar-refractivity contribution in [2.45, 2.75) is 19.4 Å². The molecule has 0 radical (unpaired) electrons. The highest BCUT2D eigenvalue weighted by Gasteiger charge is 2.17. The number of halogens is 1. The van der Waals surface area contributed by atoms with Gasteiger partial charge >= 0.3 is 0 Å². The monoisotopic (exact) mass is 237 g/mol. The molecule has 1 aromatic carbocycles. The van der Waals surface area contributed by atoms with Crippen molar-refractivity contribution in [2.24, 2.45) is 5.73 Å². The van der Waals surface area contributed by atoms with Gasteiger partial charge in [0.1, 0.15) is 0 Å². The van der Waals surface area contributed by atoms with E-state index in [-0.39, 0.29) is 0 Å². The molecule has 0 fully saturated rings. The van der Waals surface area contributed by atoms with E-state index in [2.05, 4.69) is 10.1 Å². The first-order chi connectivity index (χ1) is 7.72. The van der Waals surface area contributed by atoms with Crippen molar-refractivity contribution in [3.05, 3.63) is 46.6 Å². The van der Waals surface area contributed by atoms with Crippen LogP contribution in [0, 0.1) is 0 Å². The van der Waals surface area contributed by atoms with Crippen LogP contribution in [0.1, 0.15) is 30.2 Å². The van der Waals surface area contributed by atoms with Gasteiger partial charge in [-0.05, 0) is 11.6 Å². The summed E-state index contributed by atoms with van der Waals surface area (Å²) in [6, 6.07) is 6.93. The normalized spacial score (nSPS) is 12.7. The summed E-state index contributed by atoms with van der Waals surface area (Å²) < 4.78 is 5.01. The van der Waals surface area contributed by atoms with Crippen LogP contribution in [0.5, 0.6) is 0 Å². The van der Waals surface area contributed by atoms with Crippen LogP contribution in [-0.4, -0.2) is 10.1 Å². The van der Waals surface area contributed by atoms with Gasteiger partial charge < -0.3 is 10.3 Å². The van der Waals surface area contributed by atoms with Crippen LogP contribution in [0.4, 0.5) is 0 Å². The van der Waals surface area contributed by atoms with Crippen LogP contribution in [0.25, 0.3) is 0 Å². The Kier molecular flexibility index (Phi) is 3.22. The maximum absolute atomic E-state index is 6.04. The third-order valence-electron chi connectivity index (χ3n) is 2.30. The van der Waals surface area contributed by atoms with Gasteiger partial charge in [0.2, 0.25) is 5.89 Å². The van der Waals surface area contributed by atoms with E-state index in [1.54, 1.807) is 6.07 Å². The Morgan fingerprint density at radius 1 is 1.44 bits per heavy atom. The summed E-state index contributed by atoms with van der Waals surface area (Å²) in [6.45, 7) is 1.94. The summed E-state index contributed by atoms with van der Waals surface area (Å²) >= 11 is 6.04. The van der Waals surface area contributed by atoms with Crippen molar-refractivity contribution in [3.63, 3.8) is 0 Å². The third kappa shape index (κ3) is 2.08. The van der Waals surface area contributed by atoms with Gasteiger partial charge in [-0.15, -0.1) is 0 Å². The zero-order chi connectivity index (χ0) is 11.5. The Balaban J connectivity index is 2.31. The van der Waals surface area contributed by atoms with Crippen molar-refractivity contribution in [1.82, 2.24) is 10.1 Å². The van der Waals surface area contributed by atoms with Gasteiger partial charge in [-0.2, -0.15) is 4.98 Å². The van der Waals surface area contributed by atoms with Crippen LogP contribution in [0.15, 0.2) is 28.8 Å². The van der Waals surface area contributed by atoms with E-state index in [1.165, 1.54) is 0 Å². The van der Waals surface area contributed by atoms with Crippen LogP contribution in [0.2, 0.25) is 5.02 Å². The molecular formula is C11H12ClN3O. The summed E-state index contributed by atoms with van der Waals surface area (Å²) in [7, 11) is 0. The number of nitrogens with zero attached hydrogens (tertiary/aromatic N) is 2. The lowest BCUT2D eigenvalue weighted by Gasteiger charge is -2.08. The Bertz CT molecular complexity index is 484. The molecule has 4 nitrogen and oxygen atoms in total. The van der Waals surface area contributed by atoms with Gasteiger partial charge in [-0.25, -0.2) is 0 Å². The third-order valence-corrected chi connectivity index (χ3v) is 2.65. The molecule has 0 aliphatic carbocycles. The van der Waals surface area contributed by atoms with E-state index in [1.807, 2.05) is 25.1 Å². The molecule has 16 heavy (non-hydrogen) atoms. The SMILES string of the molecule is CCc1nc(C(N)c2ccccc2Cl)no1. The number of hydrogen-bond donors (Lipinski definition) is 1. The first kappa shape index (κ1) is 11.1. The van der Waals surface area contributed by atoms with Crippen LogP contribution in [-0.2, 0) is 6.42 Å². The first-order valence-corrected chi connectivity index (χ1v) is 5.42. The number of hydrogen-bond acceptors (Lipinski definition) is 4. The molecule has 0 aliphatic heterocycles. The van der Waals surface area contributed by atoms with E-state index in [4.69, 9.17) is 21.9 Å². The van der Waals surface area contributed by atoms with Gasteiger partial charge in [-0.3, -0.25) is 0 Å². The van der Waals surface area contributed by atoms with Gasteiger partial charge in [-0.1, -0.05) is 41.9 Å². The minimum atomic E-state index is -0.447. The fourth-order valence-corrected chi connectivity index (χ4v) is 1.66. The topological polar surface area (TPSA) is 64.9 Å². The lowest BCUT2D eigenvalue weighted by atomic mass is 10.1. The molecule has 1 heterocycles. The zero-order valence-electron chi connectivity index (χ0n) is 8.85. The molecule has 1 aromatic heterocycles. The van der Waals surface area contributed by atoms with Gasteiger partial charge in [0, 0.05) is 11.4 Å². The molecule has 5 heteroatoms. The highest BCUT2D eigenvalue weighted by molar-refractivity contribution is 6.31. The van der Waals surface area contributed by atoms with Crippen molar-refractivity contribution in [2.75, 3.05) is 0 Å². The van der Waals surface area contributed by atoms with Gasteiger partial charge in [0.25, 0.3) is 0 Å². The fourth-order valence-electron chi connectivity index (χ4n) is 1.40. The highest BCUT2D eigenvalue weighted by atomic mass is 35.5. The second kappa shape index (κ2) is 4.63. The molecule has 0 aliphatic rings. The maximum atomic E-state index is 6.04. The van der Waals surface area contributed by atoms with E-state index in [0.29, 0.717) is 23.2 Å². The van der Waals surface area contributed by atoms with E-state index in [0.717, 1.165) is 5.56 Å². The molecule has 0 saturated heterocycles. The quantitative estimate of drug-likeness (QED) is 0.890. The van der Waals surface area contributed by atoms with E-state index in [9.17, 15) is 0 Å². The smallest absolute Gasteiger partial charge is 0.226 e. The van der Waals surface area contributed by atoms with Gasteiger partial charge in [0.15, 0.2) is 5.82 Å². The first-order valence-electron chi connectivity index (χ1n) is 5.05. The Labute approximate surface area is 98.4 Å². The summed E-state index contributed by atoms with van der Waals surface area (Å²) in [5.74, 6) is 1.04. The second-order valence-electron chi connectivity index (χ2n) is 3.40. The van der Waals surface area contributed by atoms with Crippen molar-refractivity contribution in [1.29, 1.82) is 0 Å². The predicted octanol–water partition coefficient (Wildman–Crippen LogP) is 2.33. The molecule has 2 aromatic rings. The Morgan fingerprint density at radius 2 is 2.19 bits per heavy atom. The minimum Gasteiger partial charge on any atom is -0.339 e. The Morgan fingerprint density at radius 3 is 2.81 bits per heavy atom. The highest BCUT2D eigenvalue weighted by Crippen LogP contribution is 2.24. The number of aromatic nitrogens is 2.